The molecule has 2 heterocycles. The highest BCUT2D eigenvalue weighted by Gasteiger charge is 2.27. The fourth-order valence-corrected chi connectivity index (χ4v) is 6.48. The third kappa shape index (κ3) is 4.22. The Labute approximate surface area is 172 Å². The van der Waals surface area contributed by atoms with Crippen molar-refractivity contribution in [3.63, 3.8) is 0 Å². The Balaban J connectivity index is 1.40. The monoisotopic (exact) mass is 433 g/mol. The number of thiazole rings is 1. The van der Waals surface area contributed by atoms with Crippen molar-refractivity contribution in [3.8, 4) is 0 Å². The van der Waals surface area contributed by atoms with Gasteiger partial charge in [0.05, 0.1) is 20.9 Å². The Morgan fingerprint density at radius 2 is 1.93 bits per heavy atom. The molecule has 2 aromatic carbocycles. The lowest BCUT2D eigenvalue weighted by Gasteiger charge is -2.16. The summed E-state index contributed by atoms with van der Waals surface area (Å²) in [7, 11) is -3.50. The second-order valence-electron chi connectivity index (χ2n) is 6.42. The van der Waals surface area contributed by atoms with Gasteiger partial charge < -0.3 is 5.32 Å². The van der Waals surface area contributed by atoms with E-state index in [4.69, 9.17) is 0 Å². The van der Waals surface area contributed by atoms with Crippen LogP contribution in [0.2, 0.25) is 0 Å². The van der Waals surface area contributed by atoms with Gasteiger partial charge in [0.2, 0.25) is 15.9 Å². The number of sulfonamides is 1. The average Bonchev–Trinajstić information content (AvgIpc) is 3.36. The van der Waals surface area contributed by atoms with E-state index in [0.717, 1.165) is 27.4 Å². The van der Waals surface area contributed by atoms with Crippen LogP contribution in [-0.4, -0.2) is 42.5 Å². The summed E-state index contributed by atoms with van der Waals surface area (Å²) in [6, 6.07) is 14.3. The van der Waals surface area contributed by atoms with Gasteiger partial charge in [-0.1, -0.05) is 30.0 Å². The zero-order chi connectivity index (χ0) is 19.6. The number of anilines is 1. The van der Waals surface area contributed by atoms with Crippen LogP contribution in [0.1, 0.15) is 12.8 Å². The summed E-state index contributed by atoms with van der Waals surface area (Å²) in [5.41, 5.74) is 1.41. The topological polar surface area (TPSA) is 79.4 Å². The van der Waals surface area contributed by atoms with Crippen molar-refractivity contribution < 1.29 is 13.2 Å². The van der Waals surface area contributed by atoms with Gasteiger partial charge in [-0.2, -0.15) is 4.31 Å². The van der Waals surface area contributed by atoms with Crippen LogP contribution >= 0.6 is 23.1 Å². The molecule has 9 heteroatoms. The first-order valence-electron chi connectivity index (χ1n) is 8.91. The zero-order valence-electron chi connectivity index (χ0n) is 15.0. The molecular formula is C19H19N3O3S3. The molecule has 28 heavy (non-hydrogen) atoms. The minimum Gasteiger partial charge on any atom is -0.325 e. The Morgan fingerprint density at radius 3 is 2.71 bits per heavy atom. The van der Waals surface area contributed by atoms with Gasteiger partial charge >= 0.3 is 0 Å². The van der Waals surface area contributed by atoms with Gasteiger partial charge in [-0.05, 0) is 43.2 Å². The lowest BCUT2D eigenvalue weighted by molar-refractivity contribution is -0.113. The van der Waals surface area contributed by atoms with E-state index < -0.39 is 10.0 Å². The number of nitrogens with one attached hydrogen (secondary N) is 1. The molecule has 0 aliphatic carbocycles. The van der Waals surface area contributed by atoms with Crippen LogP contribution < -0.4 is 5.32 Å². The summed E-state index contributed by atoms with van der Waals surface area (Å²) in [5.74, 6) is 0.0168. The number of carbonyl (C=O) groups is 1. The molecular weight excluding hydrogens is 414 g/mol. The van der Waals surface area contributed by atoms with Gasteiger partial charge in [-0.15, -0.1) is 11.3 Å². The van der Waals surface area contributed by atoms with E-state index in [1.54, 1.807) is 29.5 Å². The van der Waals surface area contributed by atoms with Gasteiger partial charge in [0.15, 0.2) is 4.34 Å². The fraction of sp³-hybridized carbons (Fsp3) is 0.263. The van der Waals surface area contributed by atoms with Crippen LogP contribution in [0.3, 0.4) is 0 Å². The number of hydrogen-bond donors (Lipinski definition) is 1. The predicted molar refractivity (Wildman–Crippen MR) is 113 cm³/mol. The maximum absolute atomic E-state index is 12.7. The van der Waals surface area contributed by atoms with Crippen LogP contribution in [0.15, 0.2) is 57.8 Å². The number of benzene rings is 2. The molecule has 1 amide bonds. The molecule has 0 atom stereocenters. The minimum absolute atomic E-state index is 0.194. The summed E-state index contributed by atoms with van der Waals surface area (Å²) in [6.07, 6.45) is 1.78. The maximum Gasteiger partial charge on any atom is 0.243 e. The van der Waals surface area contributed by atoms with Gasteiger partial charge in [0, 0.05) is 18.8 Å². The number of rotatable bonds is 6. The molecule has 4 rings (SSSR count). The standard InChI is InChI=1S/C19H19N3O3S3/c23-18(13-26-19-21-16-8-1-2-9-17(16)27-19)20-14-6-5-7-15(12-14)28(24,25)22-10-3-4-11-22/h1-2,5-9,12H,3-4,10-11,13H2,(H,20,23). The summed E-state index contributed by atoms with van der Waals surface area (Å²) >= 11 is 2.93. The lowest BCUT2D eigenvalue weighted by Crippen LogP contribution is -2.28. The smallest absolute Gasteiger partial charge is 0.243 e. The summed E-state index contributed by atoms with van der Waals surface area (Å²) in [6.45, 7) is 1.11. The fourth-order valence-electron chi connectivity index (χ4n) is 3.05. The number of fused-ring (bicyclic) bond motifs is 1. The molecule has 1 N–H and O–H groups in total. The predicted octanol–water partition coefficient (Wildman–Crippen LogP) is 3.81. The van der Waals surface area contributed by atoms with Crippen molar-refractivity contribution in [1.29, 1.82) is 0 Å². The summed E-state index contributed by atoms with van der Waals surface area (Å²) in [4.78, 5) is 17.0. The first kappa shape index (κ1) is 19.4. The molecule has 146 valence electrons. The van der Waals surface area contributed by atoms with Gasteiger partial charge in [0.25, 0.3) is 0 Å². The second kappa shape index (κ2) is 8.20. The summed E-state index contributed by atoms with van der Waals surface area (Å²) in [5, 5.41) is 2.78. The Kier molecular flexibility index (Phi) is 5.68. The van der Waals surface area contributed by atoms with Crippen molar-refractivity contribution in [1.82, 2.24) is 9.29 Å². The van der Waals surface area contributed by atoms with Crippen molar-refractivity contribution in [2.45, 2.75) is 22.1 Å². The van der Waals surface area contributed by atoms with Crippen LogP contribution in [0.5, 0.6) is 0 Å². The van der Waals surface area contributed by atoms with Crippen molar-refractivity contribution in [3.05, 3.63) is 48.5 Å². The zero-order valence-corrected chi connectivity index (χ0v) is 17.4. The molecule has 6 nitrogen and oxygen atoms in total. The highest BCUT2D eigenvalue weighted by Crippen LogP contribution is 2.29. The van der Waals surface area contributed by atoms with Crippen LogP contribution in [0, 0.1) is 0 Å². The molecule has 1 fully saturated rings. The minimum atomic E-state index is -3.50. The van der Waals surface area contributed by atoms with E-state index in [-0.39, 0.29) is 16.6 Å². The quantitative estimate of drug-likeness (QED) is 0.598. The molecule has 0 unspecified atom stereocenters. The molecule has 1 aliphatic rings. The number of thioether (sulfide) groups is 1. The van der Waals surface area contributed by atoms with E-state index in [1.807, 2.05) is 24.3 Å². The first-order valence-corrected chi connectivity index (χ1v) is 12.1. The number of hydrogen-bond acceptors (Lipinski definition) is 6. The Morgan fingerprint density at radius 1 is 1.14 bits per heavy atom. The van der Waals surface area contributed by atoms with Crippen LogP contribution in [0.4, 0.5) is 5.69 Å². The highest BCUT2D eigenvalue weighted by molar-refractivity contribution is 8.01. The number of para-hydroxylation sites is 1. The maximum atomic E-state index is 12.7. The Bertz CT molecular complexity index is 1070. The average molecular weight is 434 g/mol. The van der Waals surface area contributed by atoms with Crippen molar-refractivity contribution >= 4 is 54.9 Å². The lowest BCUT2D eigenvalue weighted by atomic mass is 10.3. The molecule has 0 bridgehead atoms. The van der Waals surface area contributed by atoms with Crippen LogP contribution in [-0.2, 0) is 14.8 Å². The molecule has 0 saturated carbocycles. The van der Waals surface area contributed by atoms with Gasteiger partial charge in [-0.3, -0.25) is 4.79 Å². The molecule has 1 saturated heterocycles. The van der Waals surface area contributed by atoms with Gasteiger partial charge in [0.1, 0.15) is 0 Å². The summed E-state index contributed by atoms with van der Waals surface area (Å²) < 4.78 is 28.8. The third-order valence-corrected chi connectivity index (χ3v) is 8.50. The van der Waals surface area contributed by atoms with E-state index >= 15 is 0 Å². The number of nitrogens with zero attached hydrogens (tertiary/aromatic N) is 2. The molecule has 0 radical (unpaired) electrons. The molecule has 0 spiro atoms. The molecule has 3 aromatic rings. The Hall–Kier alpha value is -1.94. The number of aromatic nitrogens is 1. The van der Waals surface area contributed by atoms with E-state index in [0.29, 0.717) is 18.8 Å². The van der Waals surface area contributed by atoms with Crippen LogP contribution in [0.25, 0.3) is 10.2 Å². The van der Waals surface area contributed by atoms with Crippen molar-refractivity contribution in [2.75, 3.05) is 24.2 Å². The highest BCUT2D eigenvalue weighted by atomic mass is 32.2. The van der Waals surface area contributed by atoms with Crippen molar-refractivity contribution in [2.24, 2.45) is 0 Å². The second-order valence-corrected chi connectivity index (χ2v) is 10.6. The van der Waals surface area contributed by atoms with E-state index in [2.05, 4.69) is 10.3 Å². The van der Waals surface area contributed by atoms with E-state index in [1.165, 1.54) is 22.1 Å². The number of amides is 1. The molecule has 1 aromatic heterocycles. The SMILES string of the molecule is O=C(CSc1nc2ccccc2s1)Nc1cccc(S(=O)(=O)N2CCCC2)c1. The van der Waals surface area contributed by atoms with Gasteiger partial charge in [-0.25, -0.2) is 13.4 Å². The first-order chi connectivity index (χ1) is 13.5. The normalized spacial score (nSPS) is 15.1. The third-order valence-electron chi connectivity index (χ3n) is 4.42. The number of carbonyl (C=O) groups excluding carboxylic acids is 1. The molecule has 1 aliphatic heterocycles. The van der Waals surface area contributed by atoms with E-state index in [9.17, 15) is 13.2 Å². The largest absolute Gasteiger partial charge is 0.325 e.